The van der Waals surface area contributed by atoms with Gasteiger partial charge in [0, 0.05) is 29.4 Å². The van der Waals surface area contributed by atoms with Gasteiger partial charge in [-0.1, -0.05) is 68.8 Å². The Balaban J connectivity index is 0.000000314. The predicted octanol–water partition coefficient (Wildman–Crippen LogP) is 3.01. The fourth-order valence-corrected chi connectivity index (χ4v) is 3.09. The van der Waals surface area contributed by atoms with Gasteiger partial charge in [-0.05, 0) is 23.6 Å². The molecule has 0 saturated carbocycles. The van der Waals surface area contributed by atoms with Crippen LogP contribution < -0.4 is 10.2 Å². The van der Waals surface area contributed by atoms with Gasteiger partial charge < -0.3 is 20.5 Å². The monoisotopic (exact) mass is 480 g/mol. The first-order valence-corrected chi connectivity index (χ1v) is 10.1. The maximum atomic E-state index is 11.4. The first-order chi connectivity index (χ1) is 15.0. The van der Waals surface area contributed by atoms with Crippen molar-refractivity contribution in [1.29, 1.82) is 0 Å². The smallest absolute Gasteiger partial charge is 2.00 e. The van der Waals surface area contributed by atoms with Crippen molar-refractivity contribution in [2.45, 2.75) is 26.3 Å². The molecule has 1 radical (unpaired) electrons. The number of nitrogens with zero attached hydrogens (tertiary/aromatic N) is 3. The maximum Gasteiger partial charge on any atom is 4.00 e. The van der Waals surface area contributed by atoms with E-state index in [1.807, 2.05) is 19.1 Å². The standard InChI is InChI=1S/C13H17NO3.C12H8N2.O.V/c1-3-9(2)12(13(16)17)14-8-10-6-4-5-7-11(10)15;1-3-9-5-6-10-4-2-8-14-12(10)11(9)13-7-1;;/h4-9,12,15H,3H2,1-2H3,(H,16,17);1-8H;;/q;;-2;+4/p-2/t9-,12-;;;/m1.../s1. The normalized spacial score (nSPS) is 12.2. The topological polar surface area (TPSA) is 130 Å². The van der Waals surface area contributed by atoms with Crippen molar-refractivity contribution in [2.75, 3.05) is 0 Å². The number of aliphatic carboxylic acids is 1. The number of benzene rings is 2. The van der Waals surface area contributed by atoms with E-state index in [0.717, 1.165) is 21.8 Å². The SMILES string of the molecule is CC[C@@H](C)[C@@H](N=Cc1ccccc1[O-])C(=O)[O-].[O-2].[V+4].c1cnc2c(c1)ccc1cccnc12. The average Bonchev–Trinajstić information content (AvgIpc) is 2.80. The predicted molar refractivity (Wildman–Crippen MR) is 119 cm³/mol. The average molecular weight is 480 g/mol. The van der Waals surface area contributed by atoms with Gasteiger partial charge in [-0.3, -0.25) is 15.0 Å². The molecular formula is C25H23N3O4V. The van der Waals surface area contributed by atoms with Crippen molar-refractivity contribution in [1.82, 2.24) is 9.97 Å². The molecule has 2 aromatic carbocycles. The van der Waals surface area contributed by atoms with Crippen LogP contribution in [0.3, 0.4) is 0 Å². The minimum absolute atomic E-state index is 0. The van der Waals surface area contributed by atoms with E-state index in [4.69, 9.17) is 0 Å². The molecule has 2 heterocycles. The van der Waals surface area contributed by atoms with Gasteiger partial charge in [0.1, 0.15) is 0 Å². The van der Waals surface area contributed by atoms with Crippen LogP contribution in [-0.4, -0.2) is 28.2 Å². The van der Waals surface area contributed by atoms with Gasteiger partial charge in [0.15, 0.2) is 0 Å². The molecule has 33 heavy (non-hydrogen) atoms. The fourth-order valence-electron chi connectivity index (χ4n) is 3.09. The molecule has 8 heteroatoms. The molecule has 0 bridgehead atoms. The molecule has 167 valence electrons. The third-order valence-electron chi connectivity index (χ3n) is 5.06. The third-order valence-corrected chi connectivity index (χ3v) is 5.06. The van der Waals surface area contributed by atoms with Crippen LogP contribution in [0.4, 0.5) is 0 Å². The molecule has 4 rings (SSSR count). The molecule has 0 aliphatic rings. The van der Waals surface area contributed by atoms with Crippen molar-refractivity contribution in [3.8, 4) is 5.75 Å². The Labute approximate surface area is 204 Å². The summed E-state index contributed by atoms with van der Waals surface area (Å²) in [6.07, 6.45) is 5.61. The zero-order valence-electron chi connectivity index (χ0n) is 18.3. The second-order valence-electron chi connectivity index (χ2n) is 7.18. The van der Waals surface area contributed by atoms with Gasteiger partial charge in [-0.25, -0.2) is 0 Å². The van der Waals surface area contributed by atoms with E-state index >= 15 is 0 Å². The van der Waals surface area contributed by atoms with Crippen LogP contribution in [0.2, 0.25) is 0 Å². The first kappa shape index (κ1) is 27.8. The molecule has 0 N–H and O–H groups in total. The summed E-state index contributed by atoms with van der Waals surface area (Å²) in [6.45, 7) is 3.68. The summed E-state index contributed by atoms with van der Waals surface area (Å²) in [5, 5.41) is 24.6. The molecular weight excluding hydrogens is 457 g/mol. The Kier molecular flexibility index (Phi) is 11.2. The molecule has 2 atom stereocenters. The Bertz CT molecular complexity index is 1160. The summed E-state index contributed by atoms with van der Waals surface area (Å²) < 4.78 is 0. The molecule has 0 aliphatic carbocycles. The second-order valence-corrected chi connectivity index (χ2v) is 7.18. The van der Waals surface area contributed by atoms with E-state index < -0.39 is 12.0 Å². The Morgan fingerprint density at radius 1 is 0.970 bits per heavy atom. The van der Waals surface area contributed by atoms with Crippen LogP contribution in [0, 0.1) is 5.92 Å². The number of hydrogen-bond acceptors (Lipinski definition) is 6. The van der Waals surface area contributed by atoms with Gasteiger partial charge in [-0.15, -0.1) is 5.75 Å². The molecule has 7 nitrogen and oxygen atoms in total. The van der Waals surface area contributed by atoms with Crippen molar-refractivity contribution in [2.24, 2.45) is 10.9 Å². The molecule has 4 aromatic rings. The van der Waals surface area contributed by atoms with Gasteiger partial charge in [-0.2, -0.15) is 0 Å². The van der Waals surface area contributed by atoms with E-state index in [-0.39, 0.29) is 35.7 Å². The Morgan fingerprint density at radius 2 is 1.52 bits per heavy atom. The van der Waals surface area contributed by atoms with Crippen LogP contribution in [0.25, 0.3) is 21.8 Å². The molecule has 0 spiro atoms. The van der Waals surface area contributed by atoms with Gasteiger partial charge in [0.05, 0.1) is 23.0 Å². The van der Waals surface area contributed by atoms with Crippen LogP contribution in [0.15, 0.2) is 78.0 Å². The molecule has 0 unspecified atom stereocenters. The third kappa shape index (κ3) is 7.12. The first-order valence-electron chi connectivity index (χ1n) is 10.1. The fraction of sp³-hybridized carbons (Fsp3) is 0.200. The zero-order chi connectivity index (χ0) is 22.2. The number of aromatic nitrogens is 2. The number of rotatable bonds is 5. The van der Waals surface area contributed by atoms with Crippen molar-refractivity contribution in [3.05, 3.63) is 78.6 Å². The van der Waals surface area contributed by atoms with Crippen molar-refractivity contribution < 1.29 is 39.0 Å². The molecule has 0 amide bonds. The van der Waals surface area contributed by atoms with Gasteiger partial charge in [0.25, 0.3) is 0 Å². The van der Waals surface area contributed by atoms with Crippen molar-refractivity contribution in [3.63, 3.8) is 0 Å². The van der Waals surface area contributed by atoms with Crippen LogP contribution in [0.5, 0.6) is 5.75 Å². The van der Waals surface area contributed by atoms with E-state index in [0.29, 0.717) is 12.0 Å². The summed E-state index contributed by atoms with van der Waals surface area (Å²) in [6, 6.07) is 17.6. The van der Waals surface area contributed by atoms with Gasteiger partial charge in [0.2, 0.25) is 0 Å². The molecule has 2 aromatic heterocycles. The number of carbonyl (C=O) groups excluding carboxylic acids is 1. The summed E-state index contributed by atoms with van der Waals surface area (Å²) in [7, 11) is 0. The van der Waals surface area contributed by atoms with Crippen LogP contribution >= 0.6 is 0 Å². The number of carboxylic acids is 1. The van der Waals surface area contributed by atoms with E-state index in [2.05, 4.69) is 39.2 Å². The Hall–Kier alpha value is -3.26. The molecule has 0 saturated heterocycles. The van der Waals surface area contributed by atoms with Crippen LogP contribution in [-0.2, 0) is 28.8 Å². The van der Waals surface area contributed by atoms with E-state index in [9.17, 15) is 15.0 Å². The summed E-state index contributed by atoms with van der Waals surface area (Å²) >= 11 is 0. The second kappa shape index (κ2) is 13.3. The summed E-state index contributed by atoms with van der Waals surface area (Å²) in [5.41, 5.74) is 2.35. The number of aliphatic imine (C=N–C) groups is 1. The molecule has 0 fully saturated rings. The number of hydrogen-bond donors (Lipinski definition) is 0. The quantitative estimate of drug-likeness (QED) is 0.320. The molecule has 0 aliphatic heterocycles. The van der Waals surface area contributed by atoms with Crippen LogP contribution in [0.1, 0.15) is 25.8 Å². The summed E-state index contributed by atoms with van der Waals surface area (Å²) in [4.78, 5) is 23.5. The summed E-state index contributed by atoms with van der Waals surface area (Å²) in [5.74, 6) is -1.49. The number of carboxylic acid groups (broad SMARTS) is 1. The van der Waals surface area contributed by atoms with E-state index in [1.54, 1.807) is 37.5 Å². The number of pyridine rings is 2. The minimum atomic E-state index is -1.21. The number of fused-ring (bicyclic) bond motifs is 3. The Morgan fingerprint density at radius 3 is 2.00 bits per heavy atom. The minimum Gasteiger partial charge on any atom is -2.00 e. The zero-order valence-corrected chi connectivity index (χ0v) is 19.7. The number of carbonyl (C=O) groups is 1. The van der Waals surface area contributed by atoms with Crippen molar-refractivity contribution >= 4 is 34.0 Å². The number of para-hydroxylation sites is 1. The van der Waals surface area contributed by atoms with Gasteiger partial charge >= 0.3 is 18.6 Å². The largest absolute Gasteiger partial charge is 4.00 e. The van der Waals surface area contributed by atoms with E-state index in [1.165, 1.54) is 12.3 Å². The maximum absolute atomic E-state index is 11.4.